The number of hydrogen-bond donors (Lipinski definition) is 1. The Labute approximate surface area is 125 Å². The van der Waals surface area contributed by atoms with Gasteiger partial charge in [-0.1, -0.05) is 11.6 Å². The molecule has 0 N–H and O–H groups in total. The Morgan fingerprint density at radius 3 is 2.79 bits per heavy atom. The fraction of sp³-hybridized carbons (Fsp3) is 0.154. The number of thiophene rings is 1. The van der Waals surface area contributed by atoms with Crippen LogP contribution in [0, 0.1) is 5.82 Å². The first kappa shape index (κ1) is 14.4. The van der Waals surface area contributed by atoms with Crippen LogP contribution in [0.15, 0.2) is 35.2 Å². The molecule has 6 heteroatoms. The highest BCUT2D eigenvalue weighted by atomic mass is 35.5. The van der Waals surface area contributed by atoms with Gasteiger partial charge in [0.2, 0.25) is 0 Å². The number of thiol groups is 1. The molecule has 100 valence electrons. The van der Waals surface area contributed by atoms with Gasteiger partial charge in [-0.2, -0.15) is 0 Å². The number of carbonyl (C=O) groups is 1. The maximum Gasteiger partial charge on any atom is 0.256 e. The van der Waals surface area contributed by atoms with Crippen LogP contribution in [0.3, 0.4) is 0 Å². The van der Waals surface area contributed by atoms with Crippen LogP contribution in [0.1, 0.15) is 15.2 Å². The number of rotatable bonds is 3. The maximum atomic E-state index is 13.6. The molecule has 0 saturated heterocycles. The quantitative estimate of drug-likeness (QED) is 0.845. The smallest absolute Gasteiger partial charge is 0.256 e. The summed E-state index contributed by atoms with van der Waals surface area (Å²) in [5.41, 5.74) is 0.0256. The van der Waals surface area contributed by atoms with Crippen LogP contribution in [0.2, 0.25) is 4.34 Å². The minimum absolute atomic E-state index is 0.0256. The molecule has 19 heavy (non-hydrogen) atoms. The predicted octanol–water partition coefficient (Wildman–Crippen LogP) is 4.10. The van der Waals surface area contributed by atoms with Crippen LogP contribution < -0.4 is 0 Å². The Kier molecular flexibility index (Phi) is 4.50. The first-order valence-electron chi connectivity index (χ1n) is 5.45. The molecule has 2 nitrogen and oxygen atoms in total. The Morgan fingerprint density at radius 1 is 1.42 bits per heavy atom. The molecule has 0 aliphatic carbocycles. The predicted molar refractivity (Wildman–Crippen MR) is 78.8 cm³/mol. The lowest BCUT2D eigenvalue weighted by Crippen LogP contribution is -2.26. The normalized spacial score (nSPS) is 10.5. The Bertz CT molecular complexity index is 614. The van der Waals surface area contributed by atoms with E-state index in [0.29, 0.717) is 15.8 Å². The van der Waals surface area contributed by atoms with Crippen LogP contribution in [-0.4, -0.2) is 17.9 Å². The van der Waals surface area contributed by atoms with Crippen molar-refractivity contribution in [3.05, 3.63) is 50.9 Å². The molecule has 0 aliphatic rings. The van der Waals surface area contributed by atoms with Gasteiger partial charge in [-0.15, -0.1) is 24.0 Å². The standard InChI is InChI=1S/C13H11ClFNOS2/c1-16(7-9-3-5-12(14)19-9)13(17)10-6-8(18)2-4-11(10)15/h2-6,18H,7H2,1H3. The summed E-state index contributed by atoms with van der Waals surface area (Å²) >= 11 is 11.3. The van der Waals surface area contributed by atoms with Gasteiger partial charge >= 0.3 is 0 Å². The summed E-state index contributed by atoms with van der Waals surface area (Å²) in [6.45, 7) is 0.395. The lowest BCUT2D eigenvalue weighted by atomic mass is 10.2. The van der Waals surface area contributed by atoms with Crippen molar-refractivity contribution in [1.29, 1.82) is 0 Å². The van der Waals surface area contributed by atoms with Crippen molar-refractivity contribution in [2.45, 2.75) is 11.4 Å². The molecule has 2 aromatic rings. The van der Waals surface area contributed by atoms with E-state index in [9.17, 15) is 9.18 Å². The third-order valence-corrected chi connectivity index (χ3v) is 4.04. The highest BCUT2D eigenvalue weighted by Crippen LogP contribution is 2.23. The first-order valence-corrected chi connectivity index (χ1v) is 7.09. The average molecular weight is 316 g/mol. The monoisotopic (exact) mass is 315 g/mol. The third-order valence-electron chi connectivity index (χ3n) is 2.55. The van der Waals surface area contributed by atoms with Gasteiger partial charge in [0.05, 0.1) is 16.4 Å². The van der Waals surface area contributed by atoms with E-state index in [-0.39, 0.29) is 11.5 Å². The zero-order valence-electron chi connectivity index (χ0n) is 10.1. The zero-order chi connectivity index (χ0) is 14.0. The number of nitrogens with zero attached hydrogens (tertiary/aromatic N) is 1. The van der Waals surface area contributed by atoms with E-state index in [2.05, 4.69) is 12.6 Å². The molecule has 1 aromatic carbocycles. The summed E-state index contributed by atoms with van der Waals surface area (Å²) in [5, 5.41) is 0. The van der Waals surface area contributed by atoms with Crippen LogP contribution in [0.4, 0.5) is 4.39 Å². The first-order chi connectivity index (χ1) is 8.97. The molecule has 0 unspecified atom stereocenters. The molecule has 0 spiro atoms. The number of halogens is 2. The number of hydrogen-bond acceptors (Lipinski definition) is 3. The summed E-state index contributed by atoms with van der Waals surface area (Å²) in [6, 6.07) is 7.80. The van der Waals surface area contributed by atoms with Crippen LogP contribution in [0.5, 0.6) is 0 Å². The molecule has 0 bridgehead atoms. The van der Waals surface area contributed by atoms with Gasteiger partial charge < -0.3 is 4.90 Å². The van der Waals surface area contributed by atoms with Gasteiger partial charge in [-0.25, -0.2) is 4.39 Å². The minimum Gasteiger partial charge on any atom is -0.336 e. The van der Waals surface area contributed by atoms with Gasteiger partial charge in [-0.3, -0.25) is 4.79 Å². The second kappa shape index (κ2) is 5.94. The highest BCUT2D eigenvalue weighted by Gasteiger charge is 2.17. The largest absolute Gasteiger partial charge is 0.336 e. The van der Waals surface area contributed by atoms with E-state index >= 15 is 0 Å². The molecule has 0 aliphatic heterocycles. The van der Waals surface area contributed by atoms with Crippen LogP contribution >= 0.6 is 35.6 Å². The summed E-state index contributed by atoms with van der Waals surface area (Å²) in [4.78, 5) is 15.1. The Balaban J connectivity index is 2.16. The molecule has 1 heterocycles. The molecule has 2 rings (SSSR count). The van der Waals surface area contributed by atoms with Gasteiger partial charge in [0.15, 0.2) is 0 Å². The van der Waals surface area contributed by atoms with Crippen molar-refractivity contribution >= 4 is 41.5 Å². The van der Waals surface area contributed by atoms with Gasteiger partial charge in [0.25, 0.3) is 5.91 Å². The van der Waals surface area contributed by atoms with E-state index < -0.39 is 5.82 Å². The molecule has 0 saturated carbocycles. The van der Waals surface area contributed by atoms with Crippen LogP contribution in [0.25, 0.3) is 0 Å². The van der Waals surface area contributed by atoms with Crippen LogP contribution in [-0.2, 0) is 6.54 Å². The molecule has 1 aromatic heterocycles. The SMILES string of the molecule is CN(Cc1ccc(Cl)s1)C(=O)c1cc(S)ccc1F. The molecule has 0 radical (unpaired) electrons. The summed E-state index contributed by atoms with van der Waals surface area (Å²) in [6.07, 6.45) is 0. The van der Waals surface area contributed by atoms with Gasteiger partial charge in [0.1, 0.15) is 5.82 Å². The fourth-order valence-corrected chi connectivity index (χ4v) is 2.97. The fourth-order valence-electron chi connectivity index (χ4n) is 1.63. The lowest BCUT2D eigenvalue weighted by Gasteiger charge is -2.16. The zero-order valence-corrected chi connectivity index (χ0v) is 12.5. The lowest BCUT2D eigenvalue weighted by molar-refractivity contribution is 0.0781. The number of carbonyl (C=O) groups excluding carboxylic acids is 1. The van der Waals surface area contributed by atoms with Crippen molar-refractivity contribution in [3.63, 3.8) is 0 Å². The van der Waals surface area contributed by atoms with E-state index in [1.807, 2.05) is 6.07 Å². The topological polar surface area (TPSA) is 20.3 Å². The second-order valence-corrected chi connectivity index (χ2v) is 6.35. The third kappa shape index (κ3) is 3.49. The van der Waals surface area contributed by atoms with Crippen molar-refractivity contribution < 1.29 is 9.18 Å². The molecule has 1 amide bonds. The van der Waals surface area contributed by atoms with E-state index in [1.165, 1.54) is 34.4 Å². The number of benzene rings is 1. The summed E-state index contributed by atoms with van der Waals surface area (Å²) in [5.74, 6) is -0.920. The molecular weight excluding hydrogens is 305 g/mol. The maximum absolute atomic E-state index is 13.6. The Morgan fingerprint density at radius 2 is 2.16 bits per heavy atom. The number of amides is 1. The Hall–Kier alpha value is -1.04. The van der Waals surface area contributed by atoms with Gasteiger partial charge in [-0.05, 0) is 30.3 Å². The molecule has 0 fully saturated rings. The van der Waals surface area contributed by atoms with Crippen molar-refractivity contribution in [2.75, 3.05) is 7.05 Å². The molecule has 0 atom stereocenters. The van der Waals surface area contributed by atoms with E-state index in [1.54, 1.807) is 13.1 Å². The highest BCUT2D eigenvalue weighted by molar-refractivity contribution is 7.80. The average Bonchev–Trinajstić information content (AvgIpc) is 2.77. The van der Waals surface area contributed by atoms with E-state index in [0.717, 1.165) is 4.88 Å². The van der Waals surface area contributed by atoms with Gasteiger partial charge in [0, 0.05) is 16.8 Å². The van der Waals surface area contributed by atoms with Crippen molar-refractivity contribution in [1.82, 2.24) is 4.90 Å². The molecular formula is C13H11ClFNOS2. The second-order valence-electron chi connectivity index (χ2n) is 4.03. The van der Waals surface area contributed by atoms with E-state index in [4.69, 9.17) is 11.6 Å². The summed E-state index contributed by atoms with van der Waals surface area (Å²) < 4.78 is 14.3. The minimum atomic E-state index is -0.543. The summed E-state index contributed by atoms with van der Waals surface area (Å²) in [7, 11) is 1.63. The van der Waals surface area contributed by atoms with Crippen molar-refractivity contribution in [2.24, 2.45) is 0 Å². The van der Waals surface area contributed by atoms with Crippen molar-refractivity contribution in [3.8, 4) is 0 Å².